The molecule has 6 amide bonds. The van der Waals surface area contributed by atoms with E-state index in [1.54, 1.807) is 0 Å². The molecule has 0 aromatic rings. The Labute approximate surface area is 340 Å². The van der Waals surface area contributed by atoms with Crippen LogP contribution in [0.3, 0.4) is 0 Å². The number of carbonyl (C=O) groups excluding carboxylic acids is 10. The molecule has 326 valence electrons. The van der Waals surface area contributed by atoms with Gasteiger partial charge in [0, 0.05) is 78.4 Å². The molecule has 2 heterocycles. The van der Waals surface area contributed by atoms with E-state index < -0.39 is 23.8 Å². The zero-order chi connectivity index (χ0) is 43.8. The summed E-state index contributed by atoms with van der Waals surface area (Å²) in [5.41, 5.74) is 0.437. The number of ketones is 2. The lowest BCUT2D eigenvalue weighted by Gasteiger charge is -2.23. The number of unbranched alkanes of at least 4 members (excludes halogenated alkanes) is 2. The minimum atomic E-state index is -0.692. The molecule has 2 aliphatic rings. The Morgan fingerprint density at radius 2 is 1.02 bits per heavy atom. The normalized spacial score (nSPS) is 14.8. The zero-order valence-corrected chi connectivity index (χ0v) is 35.0. The van der Waals surface area contributed by atoms with E-state index in [0.717, 1.165) is 30.7 Å². The molecule has 2 rings (SSSR count). The van der Waals surface area contributed by atoms with Crippen LogP contribution in [0.15, 0.2) is 12.3 Å². The molecule has 0 radical (unpaired) electrons. The van der Waals surface area contributed by atoms with E-state index in [4.69, 9.17) is 9.68 Å². The average molecular weight is 822 g/mol. The number of imide groups is 1. The maximum absolute atomic E-state index is 12.5. The minimum absolute atomic E-state index is 0.0230. The van der Waals surface area contributed by atoms with Crippen molar-refractivity contribution in [2.24, 2.45) is 0 Å². The highest BCUT2D eigenvalue weighted by Gasteiger charge is 2.33. The smallest absolute Gasteiger partial charge is 0.334 e. The van der Waals surface area contributed by atoms with Crippen LogP contribution < -0.4 is 16.0 Å². The largest absolute Gasteiger partial charge is 0.356 e. The number of hydroxylamine groups is 4. The van der Waals surface area contributed by atoms with Crippen molar-refractivity contribution in [1.29, 1.82) is 0 Å². The Hall–Kier alpha value is -5.04. The minimum Gasteiger partial charge on any atom is -0.356 e. The summed E-state index contributed by atoms with van der Waals surface area (Å²) in [6, 6.07) is -0.536. The molecule has 0 spiro atoms. The van der Waals surface area contributed by atoms with E-state index >= 15 is 0 Å². The topological polar surface area (TPSA) is 238 Å². The first kappa shape index (κ1) is 51.0. The summed E-state index contributed by atoms with van der Waals surface area (Å²) >= 11 is 0. The van der Waals surface area contributed by atoms with Crippen LogP contribution >= 0.6 is 0 Å². The number of carbonyl (C=O) groups is 10. The summed E-state index contributed by atoms with van der Waals surface area (Å²) in [5.74, 6) is -3.15. The van der Waals surface area contributed by atoms with Gasteiger partial charge >= 0.3 is 11.9 Å². The number of nitrogens with one attached hydrogen (secondary N) is 3. The number of amides is 6. The molecular weight excluding hydrogens is 758 g/mol. The highest BCUT2D eigenvalue weighted by atomic mass is 16.7. The van der Waals surface area contributed by atoms with E-state index in [1.165, 1.54) is 13.8 Å². The third-order valence-electron chi connectivity index (χ3n) is 9.13. The third kappa shape index (κ3) is 20.9. The Bertz CT molecular complexity index is 1450. The van der Waals surface area contributed by atoms with Crippen molar-refractivity contribution in [1.82, 2.24) is 35.9 Å². The van der Waals surface area contributed by atoms with Crippen LogP contribution in [-0.4, -0.2) is 139 Å². The molecule has 0 bridgehead atoms. The molecule has 58 heavy (non-hydrogen) atoms. The van der Waals surface area contributed by atoms with Gasteiger partial charge in [-0.15, -0.1) is 10.1 Å². The maximum atomic E-state index is 12.5. The van der Waals surface area contributed by atoms with Gasteiger partial charge in [0.1, 0.15) is 11.6 Å². The molecule has 2 unspecified atom stereocenters. The molecule has 2 atom stereocenters. The van der Waals surface area contributed by atoms with Crippen molar-refractivity contribution in [3.8, 4) is 0 Å². The number of nitrogens with zero attached hydrogens (tertiary/aromatic N) is 4. The van der Waals surface area contributed by atoms with Gasteiger partial charge in [0.2, 0.25) is 17.7 Å². The van der Waals surface area contributed by atoms with Gasteiger partial charge in [-0.25, -0.2) is 9.59 Å². The van der Waals surface area contributed by atoms with Crippen molar-refractivity contribution in [3.63, 3.8) is 0 Å². The number of rotatable bonds is 26. The van der Waals surface area contributed by atoms with Crippen LogP contribution in [0.1, 0.15) is 117 Å². The van der Waals surface area contributed by atoms with Gasteiger partial charge in [-0.2, -0.15) is 0 Å². The van der Waals surface area contributed by atoms with Crippen molar-refractivity contribution in [2.75, 3.05) is 47.8 Å². The standard InChI is InChI=1S/C21H34N4O6.C18H29N3O6/c1-15-8-11-20(29)25(15)31-21(30)12-14-23-19(28)10-9-18(27)17(24(3)4)7-5-6-13-22-16(2)26;1-13(22)19-12-5-4-7-14(20(2)3)15(23)8-6-9-18(26)27-21-16(24)10-11-17(21)25/h17H,1,5-14H2,2-4H3,(H,22,26)(H,23,28);14H,4-12H2,1-3H3,(H,19,22). The number of Topliss-reactive ketones (excluding diaryl/α,β-unsaturated/α-hetero) is 2. The molecule has 0 aromatic carbocycles. The lowest BCUT2D eigenvalue weighted by Crippen LogP contribution is -2.37. The van der Waals surface area contributed by atoms with Crippen LogP contribution in [0.2, 0.25) is 0 Å². The number of hydrogen-bond acceptors (Lipinski definition) is 14. The van der Waals surface area contributed by atoms with Gasteiger partial charge in [0.05, 0.1) is 24.2 Å². The fourth-order valence-corrected chi connectivity index (χ4v) is 5.94. The quantitative estimate of drug-likeness (QED) is 0.0823. The second-order valence-corrected chi connectivity index (χ2v) is 14.6. The number of allylic oxidation sites excluding steroid dienone is 1. The van der Waals surface area contributed by atoms with Crippen LogP contribution in [0.25, 0.3) is 0 Å². The Kier molecular flexibility index (Phi) is 24.2. The molecule has 0 aromatic heterocycles. The number of likely N-dealkylation sites (N-methyl/N-ethyl adjacent to an activating group) is 2. The summed E-state index contributed by atoms with van der Waals surface area (Å²) in [4.78, 5) is 130. The van der Waals surface area contributed by atoms with Crippen molar-refractivity contribution >= 4 is 58.9 Å². The Morgan fingerprint density at radius 1 is 0.569 bits per heavy atom. The number of hydrogen-bond donors (Lipinski definition) is 3. The van der Waals surface area contributed by atoms with E-state index in [2.05, 4.69) is 22.5 Å². The average Bonchev–Trinajstić information content (AvgIpc) is 3.63. The first-order chi connectivity index (χ1) is 27.3. The molecule has 3 N–H and O–H groups in total. The van der Waals surface area contributed by atoms with Crippen molar-refractivity contribution in [3.05, 3.63) is 12.3 Å². The molecular formula is C39H63N7O12. The summed E-state index contributed by atoms with van der Waals surface area (Å²) in [5, 5.41) is 9.44. The van der Waals surface area contributed by atoms with Crippen LogP contribution in [0, 0.1) is 0 Å². The summed E-state index contributed by atoms with van der Waals surface area (Å²) < 4.78 is 0. The molecule has 2 aliphatic heterocycles. The summed E-state index contributed by atoms with van der Waals surface area (Å²) in [6.07, 6.45) is 5.84. The van der Waals surface area contributed by atoms with E-state index in [-0.39, 0.29) is 105 Å². The van der Waals surface area contributed by atoms with Crippen LogP contribution in [0.5, 0.6) is 0 Å². The van der Waals surface area contributed by atoms with Crippen LogP contribution in [-0.2, 0) is 57.6 Å². The fraction of sp³-hybridized carbons (Fsp3) is 0.692. The SMILES string of the molecule is C=C1CCC(=O)N1OC(=O)CCNC(=O)CCC(=O)C(CCCCNC(C)=O)N(C)C.CC(=O)NCCCCC(C(=O)CCCC(=O)ON1C(=O)CCC1=O)N(C)C. The summed E-state index contributed by atoms with van der Waals surface area (Å²) in [6.45, 7) is 7.81. The Morgan fingerprint density at radius 3 is 1.48 bits per heavy atom. The Balaban J connectivity index is 0.000000586. The molecule has 19 heteroatoms. The lowest BCUT2D eigenvalue weighted by atomic mass is 10.00. The van der Waals surface area contributed by atoms with Crippen molar-refractivity contribution < 1.29 is 57.6 Å². The van der Waals surface area contributed by atoms with Gasteiger partial charge in [-0.1, -0.05) is 6.58 Å². The molecule has 2 fully saturated rings. The highest BCUT2D eigenvalue weighted by molar-refractivity contribution is 6.01. The monoisotopic (exact) mass is 821 g/mol. The van der Waals surface area contributed by atoms with E-state index in [0.29, 0.717) is 49.5 Å². The maximum Gasteiger partial charge on any atom is 0.334 e. The summed E-state index contributed by atoms with van der Waals surface area (Å²) in [7, 11) is 7.30. The van der Waals surface area contributed by atoms with Gasteiger partial charge in [-0.05, 0) is 79.6 Å². The highest BCUT2D eigenvalue weighted by Crippen LogP contribution is 2.21. The third-order valence-corrected chi connectivity index (χ3v) is 9.13. The predicted molar refractivity (Wildman–Crippen MR) is 209 cm³/mol. The first-order valence-electron chi connectivity index (χ1n) is 19.8. The van der Waals surface area contributed by atoms with E-state index in [9.17, 15) is 47.9 Å². The molecule has 19 nitrogen and oxygen atoms in total. The van der Waals surface area contributed by atoms with Crippen molar-refractivity contribution in [2.45, 2.75) is 129 Å². The lowest BCUT2D eigenvalue weighted by molar-refractivity contribution is -0.197. The molecule has 0 aliphatic carbocycles. The zero-order valence-electron chi connectivity index (χ0n) is 35.0. The second kappa shape index (κ2) is 27.6. The van der Waals surface area contributed by atoms with Gasteiger partial charge in [0.25, 0.3) is 17.7 Å². The van der Waals surface area contributed by atoms with Gasteiger partial charge in [-0.3, -0.25) is 48.2 Å². The predicted octanol–water partition coefficient (Wildman–Crippen LogP) is 1.24. The van der Waals surface area contributed by atoms with E-state index in [1.807, 2.05) is 38.0 Å². The second-order valence-electron chi connectivity index (χ2n) is 14.6. The first-order valence-corrected chi connectivity index (χ1v) is 19.8. The van der Waals surface area contributed by atoms with Crippen LogP contribution in [0.4, 0.5) is 0 Å². The fourth-order valence-electron chi connectivity index (χ4n) is 5.94. The molecule has 0 saturated carbocycles. The van der Waals surface area contributed by atoms with Gasteiger partial charge in [0.15, 0.2) is 0 Å². The van der Waals surface area contributed by atoms with Gasteiger partial charge < -0.3 is 25.6 Å². The molecule has 2 saturated heterocycles.